The molecule has 1 aliphatic carbocycles. The molecule has 0 bridgehead atoms. The van der Waals surface area contributed by atoms with Crippen molar-refractivity contribution in [3.05, 3.63) is 23.2 Å². The Morgan fingerprint density at radius 1 is 1.30 bits per heavy atom. The molecule has 2 N–H and O–H groups in total. The minimum Gasteiger partial charge on any atom is -0.376 e. The van der Waals surface area contributed by atoms with E-state index in [4.69, 9.17) is 22.1 Å². The first kappa shape index (κ1) is 13.7. The molecule has 1 aliphatic rings. The van der Waals surface area contributed by atoms with Crippen molar-refractivity contribution in [2.75, 3.05) is 12.3 Å². The lowest BCUT2D eigenvalue weighted by molar-refractivity contribution is 0.0246. The molecular formula is C15H20ClN3O. The van der Waals surface area contributed by atoms with Gasteiger partial charge in [-0.3, -0.25) is 0 Å². The predicted octanol–water partition coefficient (Wildman–Crippen LogP) is 3.62. The van der Waals surface area contributed by atoms with Gasteiger partial charge in [-0.25, -0.2) is 4.98 Å². The summed E-state index contributed by atoms with van der Waals surface area (Å²) in [6.45, 7) is 1.42. The Balaban J connectivity index is 1.66. The van der Waals surface area contributed by atoms with Crippen LogP contribution < -0.4 is 5.73 Å². The van der Waals surface area contributed by atoms with Crippen LogP contribution in [0.1, 0.15) is 32.1 Å². The summed E-state index contributed by atoms with van der Waals surface area (Å²) in [5.41, 5.74) is 7.83. The first-order chi connectivity index (χ1) is 9.74. The zero-order chi connectivity index (χ0) is 13.9. The average Bonchev–Trinajstić information content (AvgIpc) is 2.75. The highest BCUT2D eigenvalue weighted by atomic mass is 35.5. The van der Waals surface area contributed by atoms with Crippen LogP contribution in [0.2, 0.25) is 5.02 Å². The fourth-order valence-electron chi connectivity index (χ4n) is 2.90. The van der Waals surface area contributed by atoms with Gasteiger partial charge in [-0.2, -0.15) is 0 Å². The van der Waals surface area contributed by atoms with Crippen LogP contribution >= 0.6 is 11.6 Å². The minimum atomic E-state index is 0.425. The molecule has 20 heavy (non-hydrogen) atoms. The van der Waals surface area contributed by atoms with Crippen molar-refractivity contribution in [1.82, 2.24) is 9.55 Å². The van der Waals surface area contributed by atoms with Crippen molar-refractivity contribution >= 4 is 28.6 Å². The van der Waals surface area contributed by atoms with Crippen LogP contribution in [0, 0.1) is 0 Å². The van der Waals surface area contributed by atoms with Gasteiger partial charge in [0, 0.05) is 11.6 Å². The molecule has 1 aromatic heterocycles. The number of ether oxygens (including phenoxy) is 1. The van der Waals surface area contributed by atoms with Crippen molar-refractivity contribution < 1.29 is 4.74 Å². The van der Waals surface area contributed by atoms with E-state index in [0.717, 1.165) is 17.6 Å². The number of nitrogens with zero attached hydrogens (tertiary/aromatic N) is 2. The zero-order valence-corrected chi connectivity index (χ0v) is 12.3. The largest absolute Gasteiger partial charge is 0.376 e. The maximum absolute atomic E-state index is 5.98. The van der Waals surface area contributed by atoms with Gasteiger partial charge in [-0.05, 0) is 31.0 Å². The standard InChI is InChI=1S/C15H20ClN3O/c16-11-6-7-14-13(10-11)18-15(17)19(14)8-9-20-12-4-2-1-3-5-12/h6-7,10,12H,1-5,8-9H2,(H2,17,18). The first-order valence-electron chi connectivity index (χ1n) is 7.27. The van der Waals surface area contributed by atoms with E-state index in [9.17, 15) is 0 Å². The lowest BCUT2D eigenvalue weighted by atomic mass is 9.98. The number of hydrogen-bond donors (Lipinski definition) is 1. The lowest BCUT2D eigenvalue weighted by Crippen LogP contribution is -2.19. The molecule has 1 saturated carbocycles. The van der Waals surface area contributed by atoms with Crippen molar-refractivity contribution in [3.8, 4) is 0 Å². The van der Waals surface area contributed by atoms with Gasteiger partial charge in [-0.15, -0.1) is 0 Å². The monoisotopic (exact) mass is 293 g/mol. The summed E-state index contributed by atoms with van der Waals surface area (Å²) >= 11 is 5.97. The maximum Gasteiger partial charge on any atom is 0.201 e. The summed E-state index contributed by atoms with van der Waals surface area (Å²) in [5.74, 6) is 0.523. The quantitative estimate of drug-likeness (QED) is 0.936. The Bertz CT molecular complexity index is 590. The Hall–Kier alpha value is -1.26. The van der Waals surface area contributed by atoms with Gasteiger partial charge in [0.15, 0.2) is 0 Å². The number of nitrogen functional groups attached to an aromatic ring is 1. The van der Waals surface area contributed by atoms with E-state index in [2.05, 4.69) is 4.98 Å². The highest BCUT2D eigenvalue weighted by molar-refractivity contribution is 6.31. The number of nitrogens with two attached hydrogens (primary N) is 1. The van der Waals surface area contributed by atoms with E-state index in [1.807, 2.05) is 22.8 Å². The fourth-order valence-corrected chi connectivity index (χ4v) is 3.07. The topological polar surface area (TPSA) is 53.1 Å². The van der Waals surface area contributed by atoms with Crippen LogP contribution in [0.5, 0.6) is 0 Å². The highest BCUT2D eigenvalue weighted by Gasteiger charge is 2.14. The Morgan fingerprint density at radius 3 is 2.90 bits per heavy atom. The van der Waals surface area contributed by atoms with Gasteiger partial charge in [0.1, 0.15) is 0 Å². The second-order valence-corrected chi connectivity index (χ2v) is 5.82. The second kappa shape index (κ2) is 6.02. The van der Waals surface area contributed by atoms with E-state index in [-0.39, 0.29) is 0 Å². The Morgan fingerprint density at radius 2 is 2.10 bits per heavy atom. The number of benzene rings is 1. The van der Waals surface area contributed by atoms with E-state index in [0.29, 0.717) is 23.7 Å². The van der Waals surface area contributed by atoms with Crippen molar-refractivity contribution in [3.63, 3.8) is 0 Å². The van der Waals surface area contributed by atoms with Gasteiger partial charge in [-0.1, -0.05) is 30.9 Å². The number of halogens is 1. The molecule has 0 unspecified atom stereocenters. The molecule has 108 valence electrons. The van der Waals surface area contributed by atoms with E-state index in [1.165, 1.54) is 32.1 Å². The number of aromatic nitrogens is 2. The SMILES string of the molecule is Nc1nc2cc(Cl)ccc2n1CCOC1CCCCC1. The van der Waals surface area contributed by atoms with Crippen molar-refractivity contribution in [1.29, 1.82) is 0 Å². The summed E-state index contributed by atoms with van der Waals surface area (Å²) in [6.07, 6.45) is 6.73. The average molecular weight is 294 g/mol. The molecule has 0 aliphatic heterocycles. The van der Waals surface area contributed by atoms with Crippen LogP contribution in [0.3, 0.4) is 0 Å². The molecule has 0 atom stereocenters. The Kier molecular flexibility index (Phi) is 4.13. The smallest absolute Gasteiger partial charge is 0.201 e. The molecule has 2 aromatic rings. The molecule has 1 heterocycles. The number of anilines is 1. The van der Waals surface area contributed by atoms with Crippen LogP contribution in [-0.4, -0.2) is 22.3 Å². The fraction of sp³-hybridized carbons (Fsp3) is 0.533. The third-order valence-electron chi connectivity index (χ3n) is 3.96. The molecule has 1 fully saturated rings. The molecule has 3 rings (SSSR count). The van der Waals surface area contributed by atoms with Crippen molar-refractivity contribution in [2.24, 2.45) is 0 Å². The molecular weight excluding hydrogens is 274 g/mol. The second-order valence-electron chi connectivity index (χ2n) is 5.39. The van der Waals surface area contributed by atoms with Gasteiger partial charge in [0.25, 0.3) is 0 Å². The van der Waals surface area contributed by atoms with Crippen LogP contribution in [0.4, 0.5) is 5.95 Å². The summed E-state index contributed by atoms with van der Waals surface area (Å²) < 4.78 is 7.95. The summed E-state index contributed by atoms with van der Waals surface area (Å²) in [7, 11) is 0. The summed E-state index contributed by atoms with van der Waals surface area (Å²) in [5, 5.41) is 0.681. The lowest BCUT2D eigenvalue weighted by Gasteiger charge is -2.22. The number of rotatable bonds is 4. The number of imidazole rings is 1. The minimum absolute atomic E-state index is 0.425. The first-order valence-corrected chi connectivity index (χ1v) is 7.65. The number of hydrogen-bond acceptors (Lipinski definition) is 3. The summed E-state index contributed by atoms with van der Waals surface area (Å²) in [4.78, 5) is 4.34. The Labute approximate surface area is 123 Å². The normalized spacial score (nSPS) is 16.9. The van der Waals surface area contributed by atoms with Gasteiger partial charge >= 0.3 is 0 Å². The van der Waals surface area contributed by atoms with Crippen LogP contribution in [0.25, 0.3) is 11.0 Å². The molecule has 0 saturated heterocycles. The number of fused-ring (bicyclic) bond motifs is 1. The van der Waals surface area contributed by atoms with Gasteiger partial charge in [0.2, 0.25) is 5.95 Å². The molecule has 1 aromatic carbocycles. The van der Waals surface area contributed by atoms with Crippen LogP contribution in [-0.2, 0) is 11.3 Å². The molecule has 0 amide bonds. The van der Waals surface area contributed by atoms with E-state index in [1.54, 1.807) is 0 Å². The zero-order valence-electron chi connectivity index (χ0n) is 11.5. The van der Waals surface area contributed by atoms with Gasteiger partial charge in [0.05, 0.1) is 23.7 Å². The predicted molar refractivity (Wildman–Crippen MR) is 82.0 cm³/mol. The summed E-state index contributed by atoms with van der Waals surface area (Å²) in [6, 6.07) is 5.66. The maximum atomic E-state index is 5.98. The van der Waals surface area contributed by atoms with E-state index >= 15 is 0 Å². The van der Waals surface area contributed by atoms with Crippen LogP contribution in [0.15, 0.2) is 18.2 Å². The van der Waals surface area contributed by atoms with E-state index < -0.39 is 0 Å². The van der Waals surface area contributed by atoms with Gasteiger partial charge < -0.3 is 15.0 Å². The molecule has 0 radical (unpaired) electrons. The highest BCUT2D eigenvalue weighted by Crippen LogP contribution is 2.23. The molecule has 4 nitrogen and oxygen atoms in total. The third kappa shape index (κ3) is 2.91. The molecule has 0 spiro atoms. The molecule has 5 heteroatoms. The third-order valence-corrected chi connectivity index (χ3v) is 4.20. The van der Waals surface area contributed by atoms with Crippen molar-refractivity contribution in [2.45, 2.75) is 44.8 Å².